The maximum absolute atomic E-state index is 5.39. The maximum Gasteiger partial charge on any atom is 0.167 e. The molecule has 23 heavy (non-hydrogen) atoms. The molecule has 1 saturated heterocycles. The Morgan fingerprint density at radius 3 is 2.48 bits per heavy atom. The summed E-state index contributed by atoms with van der Waals surface area (Å²) in [6.45, 7) is 6.93. The Morgan fingerprint density at radius 2 is 1.65 bits per heavy atom. The van der Waals surface area contributed by atoms with Crippen molar-refractivity contribution in [2.24, 2.45) is 0 Å². The SMILES string of the molecule is c1ccc2c(CN3CCN(CCn4nccn4)CC3)noc2c1. The Labute approximate surface area is 134 Å². The third kappa shape index (κ3) is 3.25. The van der Waals surface area contributed by atoms with Crippen LogP contribution in [0, 0.1) is 0 Å². The number of fused-ring (bicyclic) bond motifs is 1. The van der Waals surface area contributed by atoms with Crippen LogP contribution in [0.25, 0.3) is 11.0 Å². The second-order valence-corrected chi connectivity index (χ2v) is 5.87. The summed E-state index contributed by atoms with van der Waals surface area (Å²) in [7, 11) is 0. The summed E-state index contributed by atoms with van der Waals surface area (Å²) in [5, 5.41) is 13.6. The first-order chi connectivity index (χ1) is 11.4. The molecule has 1 aliphatic heterocycles. The molecular formula is C16H20N6O. The summed E-state index contributed by atoms with van der Waals surface area (Å²) in [4.78, 5) is 6.64. The highest BCUT2D eigenvalue weighted by Crippen LogP contribution is 2.19. The van der Waals surface area contributed by atoms with E-state index in [1.807, 2.05) is 18.2 Å². The predicted octanol–water partition coefficient (Wildman–Crippen LogP) is 1.24. The second kappa shape index (κ2) is 6.47. The Kier molecular flexibility index (Phi) is 4.04. The quantitative estimate of drug-likeness (QED) is 0.706. The fourth-order valence-corrected chi connectivity index (χ4v) is 3.02. The minimum atomic E-state index is 0.848. The van der Waals surface area contributed by atoms with Crippen LogP contribution >= 0.6 is 0 Å². The molecule has 7 nitrogen and oxygen atoms in total. The summed E-state index contributed by atoms with van der Waals surface area (Å²) in [6.07, 6.45) is 3.44. The molecule has 3 aromatic rings. The fraction of sp³-hybridized carbons (Fsp3) is 0.438. The lowest BCUT2D eigenvalue weighted by Gasteiger charge is -2.34. The summed E-state index contributed by atoms with van der Waals surface area (Å²) < 4.78 is 5.39. The first-order valence-electron chi connectivity index (χ1n) is 8.00. The van der Waals surface area contributed by atoms with Gasteiger partial charge in [0.25, 0.3) is 0 Å². The van der Waals surface area contributed by atoms with E-state index in [1.54, 1.807) is 17.2 Å². The molecule has 2 aromatic heterocycles. The number of nitrogens with zero attached hydrogens (tertiary/aromatic N) is 6. The third-order valence-corrected chi connectivity index (χ3v) is 4.37. The molecule has 0 radical (unpaired) electrons. The van der Waals surface area contributed by atoms with E-state index in [0.29, 0.717) is 0 Å². The number of aromatic nitrogens is 4. The Bertz CT molecular complexity index is 745. The lowest BCUT2D eigenvalue weighted by atomic mass is 10.2. The summed E-state index contributed by atoms with van der Waals surface area (Å²) in [5.74, 6) is 0. The lowest BCUT2D eigenvalue weighted by molar-refractivity contribution is 0.120. The van der Waals surface area contributed by atoms with E-state index in [0.717, 1.165) is 62.5 Å². The first-order valence-corrected chi connectivity index (χ1v) is 8.00. The molecule has 0 N–H and O–H groups in total. The monoisotopic (exact) mass is 312 g/mol. The van der Waals surface area contributed by atoms with Gasteiger partial charge in [-0.05, 0) is 12.1 Å². The van der Waals surface area contributed by atoms with E-state index >= 15 is 0 Å². The van der Waals surface area contributed by atoms with Crippen LogP contribution in [0.5, 0.6) is 0 Å². The van der Waals surface area contributed by atoms with Crippen molar-refractivity contribution in [1.82, 2.24) is 30.0 Å². The van der Waals surface area contributed by atoms with Gasteiger partial charge in [-0.15, -0.1) is 0 Å². The van der Waals surface area contributed by atoms with Crippen LogP contribution in [-0.2, 0) is 13.1 Å². The van der Waals surface area contributed by atoms with Gasteiger partial charge < -0.3 is 4.52 Å². The van der Waals surface area contributed by atoms with Crippen molar-refractivity contribution in [3.63, 3.8) is 0 Å². The van der Waals surface area contributed by atoms with Crippen LogP contribution in [0.4, 0.5) is 0 Å². The van der Waals surface area contributed by atoms with Crippen LogP contribution in [0.3, 0.4) is 0 Å². The maximum atomic E-state index is 5.39. The van der Waals surface area contributed by atoms with Gasteiger partial charge in [0.1, 0.15) is 5.69 Å². The zero-order valence-electron chi connectivity index (χ0n) is 13.0. The first kappa shape index (κ1) is 14.3. The van der Waals surface area contributed by atoms with Gasteiger partial charge in [0, 0.05) is 44.7 Å². The molecule has 0 atom stereocenters. The number of benzene rings is 1. The molecule has 1 aliphatic rings. The summed E-state index contributed by atoms with van der Waals surface area (Å²) in [6, 6.07) is 8.05. The zero-order chi connectivity index (χ0) is 15.5. The van der Waals surface area contributed by atoms with Crippen LogP contribution in [-0.4, -0.2) is 62.7 Å². The van der Waals surface area contributed by atoms with Gasteiger partial charge in [-0.3, -0.25) is 9.80 Å². The third-order valence-electron chi connectivity index (χ3n) is 4.37. The number of hydrogen-bond donors (Lipinski definition) is 0. The molecule has 0 amide bonds. The van der Waals surface area contributed by atoms with Gasteiger partial charge in [0.15, 0.2) is 5.58 Å². The van der Waals surface area contributed by atoms with Gasteiger partial charge in [-0.1, -0.05) is 17.3 Å². The standard InChI is InChI=1S/C16H20N6O/c1-2-4-16-14(3-1)15(19-23-16)13-21-9-7-20(8-10-21)11-12-22-17-5-6-18-22/h1-6H,7-13H2. The van der Waals surface area contributed by atoms with Crippen molar-refractivity contribution >= 4 is 11.0 Å². The predicted molar refractivity (Wildman–Crippen MR) is 85.7 cm³/mol. The molecule has 4 rings (SSSR count). The zero-order valence-corrected chi connectivity index (χ0v) is 13.0. The largest absolute Gasteiger partial charge is 0.356 e. The van der Waals surface area contributed by atoms with Gasteiger partial charge in [0.05, 0.1) is 18.9 Å². The molecule has 0 bridgehead atoms. The average molecular weight is 312 g/mol. The van der Waals surface area contributed by atoms with Gasteiger partial charge in [-0.2, -0.15) is 15.0 Å². The van der Waals surface area contributed by atoms with Crippen molar-refractivity contribution in [3.8, 4) is 0 Å². The molecule has 1 fully saturated rings. The van der Waals surface area contributed by atoms with E-state index in [2.05, 4.69) is 31.2 Å². The topological polar surface area (TPSA) is 63.2 Å². The molecular weight excluding hydrogens is 292 g/mol. The smallest absolute Gasteiger partial charge is 0.167 e. The van der Waals surface area contributed by atoms with Crippen LogP contribution < -0.4 is 0 Å². The van der Waals surface area contributed by atoms with Crippen molar-refractivity contribution in [2.45, 2.75) is 13.1 Å². The van der Waals surface area contributed by atoms with Crippen LogP contribution in [0.15, 0.2) is 41.2 Å². The Hall–Kier alpha value is -2.25. The lowest BCUT2D eigenvalue weighted by Crippen LogP contribution is -2.46. The molecule has 1 aromatic carbocycles. The summed E-state index contributed by atoms with van der Waals surface area (Å²) in [5.41, 5.74) is 1.91. The van der Waals surface area contributed by atoms with E-state index in [4.69, 9.17) is 4.52 Å². The minimum absolute atomic E-state index is 0.848. The fourth-order valence-electron chi connectivity index (χ4n) is 3.02. The van der Waals surface area contributed by atoms with Crippen molar-refractivity contribution in [3.05, 3.63) is 42.4 Å². The number of rotatable bonds is 5. The van der Waals surface area contributed by atoms with Gasteiger partial charge in [-0.25, -0.2) is 0 Å². The van der Waals surface area contributed by atoms with Gasteiger partial charge >= 0.3 is 0 Å². The minimum Gasteiger partial charge on any atom is -0.356 e. The summed E-state index contributed by atoms with van der Waals surface area (Å²) >= 11 is 0. The normalized spacial score (nSPS) is 17.0. The number of hydrogen-bond acceptors (Lipinski definition) is 6. The molecule has 3 heterocycles. The Balaban J connectivity index is 1.29. The molecule has 0 spiro atoms. The van der Waals surface area contributed by atoms with Crippen LogP contribution in [0.1, 0.15) is 5.69 Å². The van der Waals surface area contributed by atoms with E-state index in [9.17, 15) is 0 Å². The van der Waals surface area contributed by atoms with Gasteiger partial charge in [0.2, 0.25) is 0 Å². The van der Waals surface area contributed by atoms with Crippen molar-refractivity contribution in [1.29, 1.82) is 0 Å². The van der Waals surface area contributed by atoms with E-state index < -0.39 is 0 Å². The highest BCUT2D eigenvalue weighted by Gasteiger charge is 2.19. The molecule has 7 heteroatoms. The highest BCUT2D eigenvalue weighted by molar-refractivity contribution is 5.79. The number of piperazine rings is 1. The van der Waals surface area contributed by atoms with Crippen LogP contribution in [0.2, 0.25) is 0 Å². The molecule has 0 saturated carbocycles. The molecule has 0 unspecified atom stereocenters. The van der Waals surface area contributed by atoms with Crippen molar-refractivity contribution in [2.75, 3.05) is 32.7 Å². The second-order valence-electron chi connectivity index (χ2n) is 5.87. The van der Waals surface area contributed by atoms with E-state index in [-0.39, 0.29) is 0 Å². The van der Waals surface area contributed by atoms with Crippen molar-refractivity contribution < 1.29 is 4.52 Å². The average Bonchev–Trinajstić information content (AvgIpc) is 3.25. The molecule has 0 aliphatic carbocycles. The van der Waals surface area contributed by atoms with E-state index in [1.165, 1.54) is 0 Å². The number of para-hydroxylation sites is 1. The Morgan fingerprint density at radius 1 is 0.913 bits per heavy atom. The molecule has 120 valence electrons. The highest BCUT2D eigenvalue weighted by atomic mass is 16.5.